The van der Waals surface area contributed by atoms with Gasteiger partial charge in [0, 0.05) is 25.1 Å². The molecule has 0 saturated carbocycles. The number of carbonyl (C=O) groups excluding carboxylic acids is 1. The van der Waals surface area contributed by atoms with Gasteiger partial charge in [-0.2, -0.15) is 0 Å². The largest absolute Gasteiger partial charge is 0.504 e. The number of benzene rings is 1. The summed E-state index contributed by atoms with van der Waals surface area (Å²) < 4.78 is 4.98. The van der Waals surface area contributed by atoms with Gasteiger partial charge in [0.1, 0.15) is 0 Å². The molecule has 0 heterocycles. The summed E-state index contributed by atoms with van der Waals surface area (Å²) in [6.07, 6.45) is 0.482. The van der Waals surface area contributed by atoms with E-state index >= 15 is 0 Å². The van der Waals surface area contributed by atoms with Gasteiger partial charge in [-0.15, -0.1) is 0 Å². The highest BCUT2D eigenvalue weighted by Gasteiger charge is 2.18. The monoisotopic (exact) mass is 310 g/mol. The van der Waals surface area contributed by atoms with E-state index < -0.39 is 0 Å². The Morgan fingerprint density at radius 2 is 2.14 bits per heavy atom. The third kappa shape index (κ3) is 5.23. The van der Waals surface area contributed by atoms with E-state index in [1.165, 1.54) is 13.2 Å². The Balaban J connectivity index is 2.92. The molecule has 0 spiro atoms. The Bertz CT molecular complexity index is 518. The molecule has 21 heavy (non-hydrogen) atoms. The lowest BCUT2D eigenvalue weighted by Gasteiger charge is -2.24. The van der Waals surface area contributed by atoms with Crippen LogP contribution >= 0.6 is 12.2 Å². The van der Waals surface area contributed by atoms with Crippen molar-refractivity contribution in [3.63, 3.8) is 0 Å². The summed E-state index contributed by atoms with van der Waals surface area (Å²) in [5, 5.41) is 9.79. The molecule has 5 nitrogen and oxygen atoms in total. The van der Waals surface area contributed by atoms with E-state index in [1.807, 2.05) is 13.8 Å². The van der Waals surface area contributed by atoms with Gasteiger partial charge in [0.15, 0.2) is 11.5 Å². The number of nitrogens with zero attached hydrogens (tertiary/aromatic N) is 1. The first-order valence-electron chi connectivity index (χ1n) is 6.79. The summed E-state index contributed by atoms with van der Waals surface area (Å²) in [6.45, 7) is 5.15. The molecule has 0 radical (unpaired) electrons. The van der Waals surface area contributed by atoms with Crippen LogP contribution in [0.3, 0.4) is 0 Å². The van der Waals surface area contributed by atoms with E-state index in [-0.39, 0.29) is 11.7 Å². The third-order valence-corrected chi connectivity index (χ3v) is 3.13. The van der Waals surface area contributed by atoms with Gasteiger partial charge < -0.3 is 20.5 Å². The first kappa shape index (κ1) is 17.2. The van der Waals surface area contributed by atoms with Crippen LogP contribution in [0.2, 0.25) is 0 Å². The van der Waals surface area contributed by atoms with Crippen molar-refractivity contribution in [1.82, 2.24) is 4.90 Å². The molecule has 1 aromatic rings. The summed E-state index contributed by atoms with van der Waals surface area (Å²) in [5.41, 5.74) is 5.92. The summed E-state index contributed by atoms with van der Waals surface area (Å²) in [5.74, 6) is 0.456. The maximum atomic E-state index is 12.5. The van der Waals surface area contributed by atoms with Crippen LogP contribution in [0.4, 0.5) is 0 Å². The molecular formula is C15H22N2O3S. The van der Waals surface area contributed by atoms with Gasteiger partial charge in [-0.05, 0) is 24.1 Å². The Morgan fingerprint density at radius 3 is 2.62 bits per heavy atom. The van der Waals surface area contributed by atoms with Gasteiger partial charge in [-0.1, -0.05) is 26.1 Å². The second-order valence-electron chi connectivity index (χ2n) is 5.25. The van der Waals surface area contributed by atoms with E-state index in [4.69, 9.17) is 22.7 Å². The molecular weight excluding hydrogens is 288 g/mol. The van der Waals surface area contributed by atoms with Gasteiger partial charge in [-0.25, -0.2) is 0 Å². The Morgan fingerprint density at radius 1 is 1.48 bits per heavy atom. The Hall–Kier alpha value is -1.82. The number of rotatable bonds is 7. The van der Waals surface area contributed by atoms with E-state index in [0.717, 1.165) is 0 Å². The van der Waals surface area contributed by atoms with Crippen LogP contribution in [0.15, 0.2) is 18.2 Å². The van der Waals surface area contributed by atoms with Crippen LogP contribution in [0.5, 0.6) is 11.5 Å². The Labute approximate surface area is 130 Å². The molecule has 0 fully saturated rings. The maximum absolute atomic E-state index is 12.5. The minimum Gasteiger partial charge on any atom is -0.504 e. The highest BCUT2D eigenvalue weighted by molar-refractivity contribution is 7.80. The van der Waals surface area contributed by atoms with Gasteiger partial charge in [0.05, 0.1) is 12.1 Å². The number of phenols is 1. The number of hydrogen-bond acceptors (Lipinski definition) is 4. The molecule has 0 aliphatic carbocycles. The molecule has 1 rings (SSSR count). The van der Waals surface area contributed by atoms with Crippen molar-refractivity contribution in [2.24, 2.45) is 11.7 Å². The third-order valence-electron chi connectivity index (χ3n) is 2.93. The van der Waals surface area contributed by atoms with Crippen molar-refractivity contribution in [2.45, 2.75) is 20.3 Å². The van der Waals surface area contributed by atoms with Crippen LogP contribution in [0.25, 0.3) is 0 Å². The van der Waals surface area contributed by atoms with Gasteiger partial charge >= 0.3 is 0 Å². The van der Waals surface area contributed by atoms with E-state index in [9.17, 15) is 9.90 Å². The smallest absolute Gasteiger partial charge is 0.254 e. The topological polar surface area (TPSA) is 75.8 Å². The molecule has 0 aliphatic heterocycles. The molecule has 116 valence electrons. The normalized spacial score (nSPS) is 10.5. The fourth-order valence-corrected chi connectivity index (χ4v) is 2.06. The average Bonchev–Trinajstić information content (AvgIpc) is 2.42. The quantitative estimate of drug-likeness (QED) is 0.755. The number of ether oxygens (including phenoxy) is 1. The molecule has 0 aliphatic rings. The van der Waals surface area contributed by atoms with Crippen LogP contribution in [-0.4, -0.2) is 41.1 Å². The highest BCUT2D eigenvalue weighted by atomic mass is 32.1. The fraction of sp³-hybridized carbons (Fsp3) is 0.467. The molecule has 0 bridgehead atoms. The minimum atomic E-state index is -0.155. The fourth-order valence-electron chi connectivity index (χ4n) is 1.97. The van der Waals surface area contributed by atoms with E-state index in [2.05, 4.69) is 0 Å². The van der Waals surface area contributed by atoms with Crippen molar-refractivity contribution >= 4 is 23.1 Å². The molecule has 0 atom stereocenters. The van der Waals surface area contributed by atoms with E-state index in [0.29, 0.717) is 41.7 Å². The number of amides is 1. The molecule has 6 heteroatoms. The lowest BCUT2D eigenvalue weighted by molar-refractivity contribution is 0.0740. The summed E-state index contributed by atoms with van der Waals surface area (Å²) in [6, 6.07) is 4.62. The second-order valence-corrected chi connectivity index (χ2v) is 5.77. The predicted molar refractivity (Wildman–Crippen MR) is 86.8 cm³/mol. The number of hydrogen-bond donors (Lipinski definition) is 2. The van der Waals surface area contributed by atoms with Crippen LogP contribution < -0.4 is 10.5 Å². The van der Waals surface area contributed by atoms with Crippen LogP contribution in [0, 0.1) is 5.92 Å². The number of carbonyl (C=O) groups is 1. The average molecular weight is 310 g/mol. The summed E-state index contributed by atoms with van der Waals surface area (Å²) in [4.78, 5) is 14.6. The number of aromatic hydroxyl groups is 1. The van der Waals surface area contributed by atoms with Gasteiger partial charge in [0.2, 0.25) is 0 Å². The van der Waals surface area contributed by atoms with Crippen LogP contribution in [0.1, 0.15) is 30.6 Å². The zero-order chi connectivity index (χ0) is 16.0. The maximum Gasteiger partial charge on any atom is 0.254 e. The molecule has 0 aromatic heterocycles. The molecule has 3 N–H and O–H groups in total. The minimum absolute atomic E-state index is 0.0535. The summed E-state index contributed by atoms with van der Waals surface area (Å²) in [7, 11) is 1.46. The number of nitrogens with two attached hydrogens (primary N) is 1. The van der Waals surface area contributed by atoms with Crippen molar-refractivity contribution in [2.75, 3.05) is 20.2 Å². The molecule has 1 aromatic carbocycles. The SMILES string of the molecule is COc1ccc(C(=O)N(CCC(N)=S)CC(C)C)cc1O. The van der Waals surface area contributed by atoms with Crippen molar-refractivity contribution in [3.05, 3.63) is 23.8 Å². The highest BCUT2D eigenvalue weighted by Crippen LogP contribution is 2.26. The predicted octanol–water partition coefficient (Wildman–Crippen LogP) is 2.18. The zero-order valence-corrected chi connectivity index (χ0v) is 13.4. The zero-order valence-electron chi connectivity index (χ0n) is 12.6. The molecule has 0 saturated heterocycles. The van der Waals surface area contributed by atoms with Crippen molar-refractivity contribution in [1.29, 1.82) is 0 Å². The van der Waals surface area contributed by atoms with Gasteiger partial charge in [0.25, 0.3) is 5.91 Å². The molecule has 0 unspecified atom stereocenters. The number of phenolic OH excluding ortho intramolecular Hbond substituents is 1. The van der Waals surface area contributed by atoms with E-state index in [1.54, 1.807) is 17.0 Å². The first-order chi connectivity index (χ1) is 9.85. The number of methoxy groups -OCH3 is 1. The van der Waals surface area contributed by atoms with Crippen molar-refractivity contribution < 1.29 is 14.6 Å². The lowest BCUT2D eigenvalue weighted by atomic mass is 10.1. The Kier molecular flexibility index (Phi) is 6.42. The first-order valence-corrected chi connectivity index (χ1v) is 7.20. The lowest BCUT2D eigenvalue weighted by Crippen LogP contribution is -2.36. The standard InChI is InChI=1S/C15H22N2O3S/c1-10(2)9-17(7-6-14(16)21)15(19)11-4-5-13(20-3)12(18)8-11/h4-5,8,10,18H,6-7,9H2,1-3H3,(H2,16,21). The van der Waals surface area contributed by atoms with Gasteiger partial charge in [-0.3, -0.25) is 4.79 Å². The summed E-state index contributed by atoms with van der Waals surface area (Å²) >= 11 is 4.87. The number of thiocarbonyl (C=S) groups is 1. The van der Waals surface area contributed by atoms with Crippen molar-refractivity contribution in [3.8, 4) is 11.5 Å². The second kappa shape index (κ2) is 7.83. The van der Waals surface area contributed by atoms with Crippen LogP contribution in [-0.2, 0) is 0 Å². The molecule has 1 amide bonds.